The van der Waals surface area contributed by atoms with Crippen LogP contribution in [0.3, 0.4) is 0 Å². The molecule has 4 aromatic rings. The monoisotopic (exact) mass is 406 g/mol. The van der Waals surface area contributed by atoms with Crippen LogP contribution >= 0.6 is 23.2 Å². The Morgan fingerprint density at radius 2 is 1.81 bits per heavy atom. The summed E-state index contributed by atoms with van der Waals surface area (Å²) in [6.45, 7) is 0.0384. The van der Waals surface area contributed by atoms with Crippen LogP contribution in [0.1, 0.15) is 5.82 Å². The molecule has 0 aliphatic carbocycles. The van der Waals surface area contributed by atoms with Gasteiger partial charge in [0.05, 0.1) is 17.1 Å². The van der Waals surface area contributed by atoms with Crippen molar-refractivity contribution in [2.24, 2.45) is 14.1 Å². The van der Waals surface area contributed by atoms with Crippen LogP contribution in [-0.4, -0.2) is 28.8 Å². The van der Waals surface area contributed by atoms with E-state index >= 15 is 0 Å². The number of hydrogen-bond acceptors (Lipinski definition) is 6. The van der Waals surface area contributed by atoms with Gasteiger partial charge in [0.2, 0.25) is 5.28 Å². The second kappa shape index (κ2) is 6.36. The van der Waals surface area contributed by atoms with E-state index in [0.29, 0.717) is 10.6 Å². The molecule has 0 unspecified atom stereocenters. The van der Waals surface area contributed by atoms with Crippen molar-refractivity contribution in [1.82, 2.24) is 28.8 Å². The van der Waals surface area contributed by atoms with Gasteiger partial charge in [-0.1, -0.05) is 28.9 Å². The normalized spacial score (nSPS) is 11.4. The maximum atomic E-state index is 12.5. The molecule has 0 saturated carbocycles. The average molecular weight is 407 g/mol. The Labute approximate surface area is 161 Å². The zero-order chi connectivity index (χ0) is 19.3. The zero-order valence-corrected chi connectivity index (χ0v) is 15.7. The van der Waals surface area contributed by atoms with Crippen molar-refractivity contribution in [3.05, 3.63) is 61.2 Å². The standard InChI is InChI=1S/C16H12Cl2N6O3/c1-22-12-11(14(25)23(2)16(22)26)24(15(18)20-12)7-10-19-13(27-21-10)8-5-3-4-6-9(8)17/h3-6H,7H2,1-2H3. The van der Waals surface area contributed by atoms with Gasteiger partial charge in [-0.2, -0.15) is 9.97 Å². The third-order valence-corrected chi connectivity index (χ3v) is 4.79. The van der Waals surface area contributed by atoms with Gasteiger partial charge in [0.15, 0.2) is 17.0 Å². The Morgan fingerprint density at radius 1 is 1.07 bits per heavy atom. The summed E-state index contributed by atoms with van der Waals surface area (Å²) >= 11 is 12.3. The molecular weight excluding hydrogens is 395 g/mol. The molecule has 0 saturated heterocycles. The van der Waals surface area contributed by atoms with E-state index in [-0.39, 0.29) is 34.7 Å². The predicted molar refractivity (Wildman–Crippen MR) is 99.1 cm³/mol. The molecule has 0 amide bonds. The summed E-state index contributed by atoms with van der Waals surface area (Å²) in [5, 5.41) is 4.43. The summed E-state index contributed by atoms with van der Waals surface area (Å²) in [4.78, 5) is 33.0. The van der Waals surface area contributed by atoms with Gasteiger partial charge in [0, 0.05) is 14.1 Å². The lowest BCUT2D eigenvalue weighted by molar-refractivity contribution is 0.421. The highest BCUT2D eigenvalue weighted by Crippen LogP contribution is 2.26. The zero-order valence-electron chi connectivity index (χ0n) is 14.2. The molecule has 9 nitrogen and oxygen atoms in total. The summed E-state index contributed by atoms with van der Waals surface area (Å²) in [5.41, 5.74) is -0.0499. The van der Waals surface area contributed by atoms with Gasteiger partial charge < -0.3 is 9.09 Å². The Bertz CT molecular complexity index is 1300. The van der Waals surface area contributed by atoms with E-state index < -0.39 is 11.2 Å². The van der Waals surface area contributed by atoms with Crippen molar-refractivity contribution in [1.29, 1.82) is 0 Å². The van der Waals surface area contributed by atoms with Gasteiger partial charge >= 0.3 is 5.69 Å². The first-order chi connectivity index (χ1) is 12.9. The number of rotatable bonds is 3. The van der Waals surface area contributed by atoms with Gasteiger partial charge in [0.1, 0.15) is 0 Å². The first-order valence-electron chi connectivity index (χ1n) is 7.77. The lowest BCUT2D eigenvalue weighted by Crippen LogP contribution is -2.37. The van der Waals surface area contributed by atoms with Gasteiger partial charge in [-0.3, -0.25) is 13.9 Å². The second-order valence-corrected chi connectivity index (χ2v) is 6.59. The molecule has 3 aromatic heterocycles. The Balaban J connectivity index is 1.82. The van der Waals surface area contributed by atoms with Crippen LogP contribution in [0.4, 0.5) is 0 Å². The molecule has 0 atom stereocenters. The smallest absolute Gasteiger partial charge is 0.332 e. The summed E-state index contributed by atoms with van der Waals surface area (Å²) < 4.78 is 8.94. The number of nitrogens with zero attached hydrogens (tertiary/aromatic N) is 6. The number of aromatic nitrogens is 6. The molecule has 0 spiro atoms. The third-order valence-electron chi connectivity index (χ3n) is 4.17. The lowest BCUT2D eigenvalue weighted by Gasteiger charge is -2.05. The molecule has 3 heterocycles. The number of fused-ring (bicyclic) bond motifs is 1. The quantitative estimate of drug-likeness (QED) is 0.481. The van der Waals surface area contributed by atoms with Crippen molar-refractivity contribution in [3.63, 3.8) is 0 Å². The molecule has 138 valence electrons. The Kier molecular flexibility index (Phi) is 4.12. The van der Waals surface area contributed by atoms with Gasteiger partial charge in [-0.15, -0.1) is 0 Å². The van der Waals surface area contributed by atoms with Crippen molar-refractivity contribution in [2.75, 3.05) is 0 Å². The SMILES string of the molecule is Cn1c(=O)c2c(nc(Cl)n2Cc2noc(-c3ccccc3Cl)n2)n(C)c1=O. The fourth-order valence-electron chi connectivity index (χ4n) is 2.77. The minimum Gasteiger partial charge on any atom is -0.334 e. The van der Waals surface area contributed by atoms with Gasteiger partial charge in [0.25, 0.3) is 11.4 Å². The van der Waals surface area contributed by atoms with E-state index in [4.69, 9.17) is 27.7 Å². The van der Waals surface area contributed by atoms with E-state index in [1.165, 1.54) is 23.2 Å². The van der Waals surface area contributed by atoms with Gasteiger partial charge in [-0.05, 0) is 23.7 Å². The lowest BCUT2D eigenvalue weighted by atomic mass is 10.2. The number of hydrogen-bond donors (Lipinski definition) is 0. The molecule has 0 fully saturated rings. The van der Waals surface area contributed by atoms with Crippen LogP contribution in [-0.2, 0) is 20.6 Å². The fraction of sp³-hybridized carbons (Fsp3) is 0.188. The summed E-state index contributed by atoms with van der Waals surface area (Å²) in [6.07, 6.45) is 0. The third kappa shape index (κ3) is 2.75. The minimum atomic E-state index is -0.512. The van der Waals surface area contributed by atoms with E-state index in [9.17, 15) is 9.59 Å². The molecule has 0 N–H and O–H groups in total. The molecule has 0 aliphatic heterocycles. The number of benzene rings is 1. The van der Waals surface area contributed by atoms with Crippen LogP contribution in [0, 0.1) is 0 Å². The minimum absolute atomic E-state index is 0.0346. The van der Waals surface area contributed by atoms with Crippen molar-refractivity contribution >= 4 is 34.4 Å². The largest absolute Gasteiger partial charge is 0.334 e. The van der Waals surface area contributed by atoms with Gasteiger partial charge in [-0.25, -0.2) is 4.79 Å². The van der Waals surface area contributed by atoms with Crippen molar-refractivity contribution in [2.45, 2.75) is 6.54 Å². The highest BCUT2D eigenvalue weighted by Gasteiger charge is 2.20. The Morgan fingerprint density at radius 3 is 2.56 bits per heavy atom. The molecule has 0 radical (unpaired) electrons. The molecule has 11 heteroatoms. The number of imidazole rings is 1. The molecule has 4 rings (SSSR count). The molecule has 27 heavy (non-hydrogen) atoms. The molecular formula is C16H12Cl2N6O3. The van der Waals surface area contributed by atoms with Crippen LogP contribution in [0.25, 0.3) is 22.6 Å². The summed E-state index contributed by atoms with van der Waals surface area (Å²) in [7, 11) is 2.90. The van der Waals surface area contributed by atoms with E-state index in [2.05, 4.69) is 15.1 Å². The first-order valence-corrected chi connectivity index (χ1v) is 8.53. The van der Waals surface area contributed by atoms with Crippen LogP contribution in [0.2, 0.25) is 10.3 Å². The maximum absolute atomic E-state index is 12.5. The molecule has 0 aliphatic rings. The Hall–Kier alpha value is -2.91. The van der Waals surface area contributed by atoms with Crippen molar-refractivity contribution < 1.29 is 4.52 Å². The molecule has 1 aromatic carbocycles. The molecule has 0 bridgehead atoms. The highest BCUT2D eigenvalue weighted by atomic mass is 35.5. The number of halogens is 2. The highest BCUT2D eigenvalue weighted by molar-refractivity contribution is 6.33. The van der Waals surface area contributed by atoms with E-state index in [1.54, 1.807) is 24.3 Å². The van der Waals surface area contributed by atoms with Crippen molar-refractivity contribution in [3.8, 4) is 11.5 Å². The van der Waals surface area contributed by atoms with Crippen LogP contribution in [0.5, 0.6) is 0 Å². The van der Waals surface area contributed by atoms with E-state index in [1.807, 2.05) is 0 Å². The topological polar surface area (TPSA) is 101 Å². The average Bonchev–Trinajstić information content (AvgIpc) is 3.24. The van der Waals surface area contributed by atoms with Crippen LogP contribution < -0.4 is 11.2 Å². The number of aryl methyl sites for hydroxylation is 1. The van der Waals surface area contributed by atoms with E-state index in [0.717, 1.165) is 4.57 Å². The summed E-state index contributed by atoms with van der Waals surface area (Å²) in [6, 6.07) is 7.06. The fourth-order valence-corrected chi connectivity index (χ4v) is 3.21. The summed E-state index contributed by atoms with van der Waals surface area (Å²) in [5.74, 6) is 0.526. The van der Waals surface area contributed by atoms with Crippen LogP contribution in [0.15, 0.2) is 38.4 Å². The second-order valence-electron chi connectivity index (χ2n) is 5.84. The maximum Gasteiger partial charge on any atom is 0.332 e. The predicted octanol–water partition coefficient (Wildman–Crippen LogP) is 1.84. The first kappa shape index (κ1) is 17.5.